The first-order valence-corrected chi connectivity index (χ1v) is 6.86. The predicted molar refractivity (Wildman–Crippen MR) is 81.8 cm³/mol. The number of carbonyl (C=O) groups is 1. The zero-order valence-electron chi connectivity index (χ0n) is 9.65. The number of benzene rings is 1. The molecule has 0 spiro atoms. The molecule has 1 aromatic carbocycles. The van der Waals surface area contributed by atoms with E-state index in [1.807, 2.05) is 35.2 Å². The highest BCUT2D eigenvalue weighted by atomic mass is 32.2. The lowest BCUT2D eigenvalue weighted by Crippen LogP contribution is -2.47. The van der Waals surface area contributed by atoms with E-state index in [9.17, 15) is 9.90 Å². The quantitative estimate of drug-likeness (QED) is 0.508. The third-order valence-electron chi connectivity index (χ3n) is 3.16. The number of hydrogen-bond donors (Lipinski definition) is 4. The lowest BCUT2D eigenvalue weighted by Gasteiger charge is -2.29. The van der Waals surface area contributed by atoms with Gasteiger partial charge in [-0.1, -0.05) is 30.3 Å². The van der Waals surface area contributed by atoms with Gasteiger partial charge < -0.3 is 5.11 Å². The molecule has 1 atom stereocenters. The van der Waals surface area contributed by atoms with Gasteiger partial charge in [-0.15, -0.1) is 0 Å². The van der Waals surface area contributed by atoms with Crippen molar-refractivity contribution in [3.8, 4) is 0 Å². The molecule has 1 saturated heterocycles. The van der Waals surface area contributed by atoms with Gasteiger partial charge in [0.15, 0.2) is 0 Å². The maximum absolute atomic E-state index is 11.3. The standard InChI is InChI=1S/C12H15NO2S3/c14-10(15)11(16)7-13(8-12(11,17)18)6-9-4-2-1-3-5-9/h1-5,16-18H,6-8H2,(H,14,15). The molecule has 0 radical (unpaired) electrons. The van der Waals surface area contributed by atoms with Crippen LogP contribution in [-0.4, -0.2) is 37.9 Å². The van der Waals surface area contributed by atoms with Gasteiger partial charge in [-0.3, -0.25) is 9.69 Å². The number of carboxylic acid groups (broad SMARTS) is 1. The number of aliphatic carboxylic acids is 1. The van der Waals surface area contributed by atoms with E-state index in [1.54, 1.807) is 0 Å². The van der Waals surface area contributed by atoms with E-state index in [-0.39, 0.29) is 0 Å². The molecule has 3 nitrogen and oxygen atoms in total. The first-order chi connectivity index (χ1) is 8.35. The molecule has 1 aliphatic rings. The van der Waals surface area contributed by atoms with E-state index in [4.69, 9.17) is 0 Å². The van der Waals surface area contributed by atoms with Crippen molar-refractivity contribution in [1.82, 2.24) is 4.90 Å². The van der Waals surface area contributed by atoms with E-state index in [0.717, 1.165) is 5.56 Å². The third kappa shape index (κ3) is 2.52. The van der Waals surface area contributed by atoms with Gasteiger partial charge in [0.2, 0.25) is 0 Å². The summed E-state index contributed by atoms with van der Waals surface area (Å²) < 4.78 is -2.19. The smallest absolute Gasteiger partial charge is 0.323 e. The first kappa shape index (κ1) is 14.1. The molecule has 0 bridgehead atoms. The van der Waals surface area contributed by atoms with Crippen LogP contribution in [0.4, 0.5) is 0 Å². The van der Waals surface area contributed by atoms with Gasteiger partial charge in [-0.2, -0.15) is 37.9 Å². The molecule has 98 valence electrons. The summed E-state index contributed by atoms with van der Waals surface area (Å²) in [4.78, 5) is 13.3. The summed E-state index contributed by atoms with van der Waals surface area (Å²) in [5, 5.41) is 9.29. The number of likely N-dealkylation sites (tertiary alicyclic amines) is 1. The van der Waals surface area contributed by atoms with Crippen molar-refractivity contribution >= 4 is 43.9 Å². The van der Waals surface area contributed by atoms with Crippen LogP contribution in [0.2, 0.25) is 0 Å². The van der Waals surface area contributed by atoms with Crippen molar-refractivity contribution in [2.75, 3.05) is 13.1 Å². The fraction of sp³-hybridized carbons (Fsp3) is 0.417. The number of carboxylic acids is 1. The topological polar surface area (TPSA) is 40.5 Å². The minimum Gasteiger partial charge on any atom is -0.480 e. The van der Waals surface area contributed by atoms with Gasteiger partial charge in [0.1, 0.15) is 4.75 Å². The Balaban J connectivity index is 2.14. The Kier molecular flexibility index (Phi) is 3.92. The summed E-state index contributed by atoms with van der Waals surface area (Å²) >= 11 is 13.0. The Morgan fingerprint density at radius 1 is 1.22 bits per heavy atom. The molecule has 1 heterocycles. The lowest BCUT2D eigenvalue weighted by molar-refractivity contribution is -0.139. The molecule has 1 aromatic rings. The third-order valence-corrected chi connectivity index (χ3v) is 5.28. The highest BCUT2D eigenvalue weighted by Gasteiger charge is 2.57. The SMILES string of the molecule is O=C(O)C1(S)CN(Cc2ccccc2)CC1(S)S. The number of hydrogen-bond acceptors (Lipinski definition) is 5. The molecule has 0 aliphatic carbocycles. The van der Waals surface area contributed by atoms with Crippen LogP contribution in [-0.2, 0) is 11.3 Å². The summed E-state index contributed by atoms with van der Waals surface area (Å²) in [6, 6.07) is 9.90. The van der Waals surface area contributed by atoms with Crippen LogP contribution in [0.25, 0.3) is 0 Å². The van der Waals surface area contributed by atoms with Crippen LogP contribution < -0.4 is 0 Å². The lowest BCUT2D eigenvalue weighted by atomic mass is 10.1. The molecule has 1 fully saturated rings. The second-order valence-electron chi connectivity index (χ2n) is 4.61. The van der Waals surface area contributed by atoms with Crippen molar-refractivity contribution in [1.29, 1.82) is 0 Å². The summed E-state index contributed by atoms with van der Waals surface area (Å²) in [5.41, 5.74) is 1.14. The van der Waals surface area contributed by atoms with E-state index >= 15 is 0 Å². The fourth-order valence-electron chi connectivity index (χ4n) is 2.14. The Bertz CT molecular complexity index is 452. The molecule has 1 N–H and O–H groups in total. The van der Waals surface area contributed by atoms with Crippen LogP contribution in [0.3, 0.4) is 0 Å². The van der Waals surface area contributed by atoms with Gasteiger partial charge in [0.05, 0.1) is 4.08 Å². The second-order valence-corrected chi connectivity index (χ2v) is 7.26. The zero-order chi connectivity index (χ0) is 13.4. The molecule has 18 heavy (non-hydrogen) atoms. The van der Waals surface area contributed by atoms with Crippen LogP contribution in [0, 0.1) is 0 Å². The molecule has 0 amide bonds. The average Bonchev–Trinajstić information content (AvgIpc) is 2.51. The summed E-state index contributed by atoms with van der Waals surface area (Å²) in [5.74, 6) is -0.980. The van der Waals surface area contributed by atoms with Crippen LogP contribution in [0.5, 0.6) is 0 Å². The van der Waals surface area contributed by atoms with Crippen molar-refractivity contribution in [3.63, 3.8) is 0 Å². The molecule has 0 saturated carbocycles. The van der Waals surface area contributed by atoms with Gasteiger partial charge in [-0.25, -0.2) is 0 Å². The monoisotopic (exact) mass is 301 g/mol. The van der Waals surface area contributed by atoms with Crippen molar-refractivity contribution in [2.24, 2.45) is 0 Å². The van der Waals surface area contributed by atoms with Crippen LogP contribution in [0.15, 0.2) is 30.3 Å². The molecule has 1 aliphatic heterocycles. The Labute approximate surface area is 123 Å². The van der Waals surface area contributed by atoms with Crippen LogP contribution >= 0.6 is 37.9 Å². The summed E-state index contributed by atoms with van der Waals surface area (Å²) in [6.45, 7) is 1.48. The highest BCUT2D eigenvalue weighted by molar-refractivity contribution is 8.02. The van der Waals surface area contributed by atoms with Gasteiger partial charge in [0.25, 0.3) is 0 Å². The Morgan fingerprint density at radius 3 is 2.33 bits per heavy atom. The van der Waals surface area contributed by atoms with E-state index in [0.29, 0.717) is 19.6 Å². The van der Waals surface area contributed by atoms with Gasteiger partial charge >= 0.3 is 5.97 Å². The minimum absolute atomic E-state index is 0.327. The predicted octanol–water partition coefficient (Wildman–Crippen LogP) is 1.81. The molecular weight excluding hydrogens is 286 g/mol. The summed E-state index contributed by atoms with van der Waals surface area (Å²) in [6.07, 6.45) is 0. The maximum Gasteiger partial charge on any atom is 0.323 e. The maximum atomic E-state index is 11.3. The highest BCUT2D eigenvalue weighted by Crippen LogP contribution is 2.45. The average molecular weight is 301 g/mol. The minimum atomic E-state index is -1.24. The van der Waals surface area contributed by atoms with Gasteiger partial charge in [-0.05, 0) is 5.56 Å². The number of rotatable bonds is 3. The zero-order valence-corrected chi connectivity index (χ0v) is 12.3. The number of thiol groups is 3. The molecule has 1 unspecified atom stereocenters. The van der Waals surface area contributed by atoms with Crippen LogP contribution in [0.1, 0.15) is 5.56 Å². The molecule has 6 heteroatoms. The Hall–Kier alpha value is -0.300. The molecular formula is C12H15NO2S3. The van der Waals surface area contributed by atoms with Crippen molar-refractivity contribution in [3.05, 3.63) is 35.9 Å². The largest absolute Gasteiger partial charge is 0.480 e. The molecule has 0 aromatic heterocycles. The summed E-state index contributed by atoms with van der Waals surface area (Å²) in [7, 11) is 0. The second kappa shape index (κ2) is 5.00. The molecule has 2 rings (SSSR count). The Morgan fingerprint density at radius 2 is 1.83 bits per heavy atom. The van der Waals surface area contributed by atoms with Crippen molar-refractivity contribution in [2.45, 2.75) is 15.4 Å². The van der Waals surface area contributed by atoms with E-state index < -0.39 is 14.8 Å². The van der Waals surface area contributed by atoms with E-state index in [2.05, 4.69) is 37.9 Å². The number of nitrogens with zero attached hydrogens (tertiary/aromatic N) is 1. The van der Waals surface area contributed by atoms with Crippen molar-refractivity contribution < 1.29 is 9.90 Å². The first-order valence-electron chi connectivity index (χ1n) is 5.52. The van der Waals surface area contributed by atoms with E-state index in [1.165, 1.54) is 0 Å². The van der Waals surface area contributed by atoms with Gasteiger partial charge in [0, 0.05) is 19.6 Å². The fourth-order valence-corrected chi connectivity index (χ4v) is 3.14. The normalized spacial score (nSPS) is 27.3.